The van der Waals surface area contributed by atoms with Crippen LogP contribution in [0.25, 0.3) is 10.2 Å². The molecule has 0 N–H and O–H groups in total. The van der Waals surface area contributed by atoms with Gasteiger partial charge in [-0.1, -0.05) is 6.07 Å². The van der Waals surface area contributed by atoms with Crippen molar-refractivity contribution in [2.75, 3.05) is 18.0 Å². The first-order valence-corrected chi connectivity index (χ1v) is 11.0. The van der Waals surface area contributed by atoms with Crippen molar-refractivity contribution < 1.29 is 4.74 Å². The minimum absolute atomic E-state index is 0.753. The molecule has 0 radical (unpaired) electrons. The van der Waals surface area contributed by atoms with Gasteiger partial charge in [0, 0.05) is 29.2 Å². The third kappa shape index (κ3) is 2.48. The molecule has 3 aliphatic rings. The van der Waals surface area contributed by atoms with Crippen LogP contribution in [0.5, 0.6) is 11.6 Å². The predicted molar refractivity (Wildman–Crippen MR) is 109 cm³/mol. The van der Waals surface area contributed by atoms with Gasteiger partial charge in [-0.2, -0.15) is 0 Å². The zero-order valence-corrected chi connectivity index (χ0v) is 16.3. The maximum atomic E-state index is 6.52. The van der Waals surface area contributed by atoms with Crippen LogP contribution in [0, 0.1) is 0 Å². The molecule has 1 aromatic carbocycles. The van der Waals surface area contributed by atoms with Crippen LogP contribution < -0.4 is 9.64 Å². The van der Waals surface area contributed by atoms with Crippen LogP contribution in [0.1, 0.15) is 47.3 Å². The van der Waals surface area contributed by atoms with Crippen LogP contribution in [0.15, 0.2) is 18.5 Å². The number of anilines is 1. The highest BCUT2D eigenvalue weighted by Gasteiger charge is 2.27. The van der Waals surface area contributed by atoms with Crippen molar-refractivity contribution in [1.29, 1.82) is 0 Å². The van der Waals surface area contributed by atoms with E-state index in [9.17, 15) is 0 Å². The molecule has 3 aromatic rings. The highest BCUT2D eigenvalue weighted by atomic mass is 32.1. The van der Waals surface area contributed by atoms with Gasteiger partial charge >= 0.3 is 0 Å². The highest BCUT2D eigenvalue weighted by molar-refractivity contribution is 7.18. The Bertz CT molecular complexity index is 1040. The Morgan fingerprint density at radius 1 is 0.889 bits per heavy atom. The second-order valence-electron chi connectivity index (χ2n) is 7.92. The number of hydrogen-bond donors (Lipinski definition) is 0. The molecule has 0 amide bonds. The third-order valence-corrected chi connectivity index (χ3v) is 7.49. The Labute approximate surface area is 163 Å². The number of rotatable bonds is 2. The summed E-state index contributed by atoms with van der Waals surface area (Å²) in [6, 6.07) is 4.45. The Hall–Kier alpha value is -2.14. The molecular weight excluding hydrogens is 354 g/mol. The minimum Gasteiger partial charge on any atom is -0.438 e. The molecule has 6 rings (SSSR count). The second-order valence-corrected chi connectivity index (χ2v) is 9.00. The van der Waals surface area contributed by atoms with Gasteiger partial charge in [0.05, 0.1) is 5.39 Å². The van der Waals surface area contributed by atoms with Crippen molar-refractivity contribution in [1.82, 2.24) is 9.97 Å². The average molecular weight is 378 g/mol. The minimum atomic E-state index is 0.753. The van der Waals surface area contributed by atoms with Crippen molar-refractivity contribution in [2.24, 2.45) is 0 Å². The molecule has 4 heterocycles. The summed E-state index contributed by atoms with van der Waals surface area (Å²) in [5.74, 6) is 1.75. The smallest absolute Gasteiger partial charge is 0.231 e. The summed E-state index contributed by atoms with van der Waals surface area (Å²) in [5.41, 5.74) is 5.76. The molecule has 0 saturated carbocycles. The number of aromatic nitrogens is 2. The van der Waals surface area contributed by atoms with Gasteiger partial charge in [0.2, 0.25) is 5.88 Å². The van der Waals surface area contributed by atoms with Crippen molar-refractivity contribution in [2.45, 2.75) is 51.4 Å². The van der Waals surface area contributed by atoms with E-state index in [1.165, 1.54) is 78.9 Å². The predicted octanol–water partition coefficient (Wildman–Crippen LogP) is 5.06. The van der Waals surface area contributed by atoms with Crippen molar-refractivity contribution in [3.63, 3.8) is 0 Å². The molecule has 1 aliphatic carbocycles. The van der Waals surface area contributed by atoms with Crippen LogP contribution in [0.2, 0.25) is 0 Å². The van der Waals surface area contributed by atoms with Crippen LogP contribution >= 0.6 is 11.3 Å². The summed E-state index contributed by atoms with van der Waals surface area (Å²) < 4.78 is 6.52. The SMILES string of the molecule is c1nc(Oc2ccc3c4c2CCCN4CCC3)c2c3c(sc2n1)CCCC3. The summed E-state index contributed by atoms with van der Waals surface area (Å²) >= 11 is 1.83. The maximum absolute atomic E-state index is 6.52. The van der Waals surface area contributed by atoms with E-state index in [1.54, 1.807) is 6.33 Å². The molecule has 0 atom stereocenters. The Balaban J connectivity index is 1.47. The molecule has 4 nitrogen and oxygen atoms in total. The van der Waals surface area contributed by atoms with Gasteiger partial charge in [-0.05, 0) is 68.6 Å². The van der Waals surface area contributed by atoms with E-state index < -0.39 is 0 Å². The number of nitrogens with zero attached hydrogens (tertiary/aromatic N) is 3. The van der Waals surface area contributed by atoms with E-state index in [-0.39, 0.29) is 0 Å². The summed E-state index contributed by atoms with van der Waals surface area (Å²) in [4.78, 5) is 14.2. The molecule has 0 spiro atoms. The van der Waals surface area contributed by atoms with E-state index in [1.807, 2.05) is 11.3 Å². The van der Waals surface area contributed by atoms with E-state index in [0.717, 1.165) is 34.7 Å². The first kappa shape index (κ1) is 15.9. The number of aryl methyl sites for hydroxylation is 3. The van der Waals surface area contributed by atoms with Crippen molar-refractivity contribution >= 4 is 27.2 Å². The Morgan fingerprint density at radius 2 is 1.74 bits per heavy atom. The molecule has 27 heavy (non-hydrogen) atoms. The van der Waals surface area contributed by atoms with Gasteiger partial charge in [0.25, 0.3) is 0 Å². The summed E-state index contributed by atoms with van der Waals surface area (Å²) in [5, 5.41) is 1.16. The standard InChI is InChI=1S/C22H23N3OS/c1-2-8-18-16(6-1)19-21(23-13-24-22(19)27-18)26-17-10-9-14-5-3-11-25-12-4-7-15(17)20(14)25/h9-10,13H,1-8,11-12H2. The first-order chi connectivity index (χ1) is 13.4. The summed E-state index contributed by atoms with van der Waals surface area (Å²) in [6.45, 7) is 2.36. The molecular formula is C22H23N3OS. The lowest BCUT2D eigenvalue weighted by Crippen LogP contribution is -2.34. The van der Waals surface area contributed by atoms with Gasteiger partial charge in [-0.15, -0.1) is 11.3 Å². The zero-order chi connectivity index (χ0) is 17.8. The topological polar surface area (TPSA) is 38.2 Å². The van der Waals surface area contributed by atoms with E-state index in [2.05, 4.69) is 27.0 Å². The summed E-state index contributed by atoms with van der Waals surface area (Å²) in [7, 11) is 0. The van der Waals surface area contributed by atoms with Gasteiger partial charge in [-0.3, -0.25) is 0 Å². The third-order valence-electron chi connectivity index (χ3n) is 6.29. The van der Waals surface area contributed by atoms with E-state index >= 15 is 0 Å². The molecule has 5 heteroatoms. The normalized spacial score (nSPS) is 18.3. The molecule has 2 aliphatic heterocycles. The number of ether oxygens (including phenoxy) is 1. The fourth-order valence-electron chi connectivity index (χ4n) is 5.08. The average Bonchev–Trinajstić information content (AvgIpc) is 3.10. The number of fused-ring (bicyclic) bond motifs is 3. The first-order valence-electron chi connectivity index (χ1n) is 10.2. The van der Waals surface area contributed by atoms with Crippen LogP contribution in [0.3, 0.4) is 0 Å². The number of benzene rings is 1. The zero-order valence-electron chi connectivity index (χ0n) is 15.5. The van der Waals surface area contributed by atoms with Crippen LogP contribution in [-0.4, -0.2) is 23.1 Å². The number of thiophene rings is 1. The molecule has 138 valence electrons. The Kier molecular flexibility index (Phi) is 3.64. The summed E-state index contributed by atoms with van der Waals surface area (Å²) in [6.07, 6.45) is 11.3. The monoisotopic (exact) mass is 377 g/mol. The molecule has 0 fully saturated rings. The second kappa shape index (κ2) is 6.20. The quantitative estimate of drug-likeness (QED) is 0.626. The highest BCUT2D eigenvalue weighted by Crippen LogP contribution is 2.44. The van der Waals surface area contributed by atoms with Crippen LogP contribution in [-0.2, 0) is 25.7 Å². The van der Waals surface area contributed by atoms with Gasteiger partial charge in [-0.25, -0.2) is 9.97 Å². The van der Waals surface area contributed by atoms with Gasteiger partial charge in [0.15, 0.2) is 0 Å². The molecule has 2 aromatic heterocycles. The van der Waals surface area contributed by atoms with Crippen molar-refractivity contribution in [3.8, 4) is 11.6 Å². The fraction of sp³-hybridized carbons (Fsp3) is 0.455. The largest absolute Gasteiger partial charge is 0.438 e. The van der Waals surface area contributed by atoms with Crippen molar-refractivity contribution in [3.05, 3.63) is 40.0 Å². The molecule has 0 saturated heterocycles. The van der Waals surface area contributed by atoms with E-state index in [4.69, 9.17) is 4.74 Å². The molecule has 0 unspecified atom stereocenters. The van der Waals surface area contributed by atoms with Gasteiger partial charge in [0.1, 0.15) is 16.9 Å². The molecule has 0 bridgehead atoms. The lowest BCUT2D eigenvalue weighted by molar-refractivity contribution is 0.457. The fourth-order valence-corrected chi connectivity index (χ4v) is 6.30. The van der Waals surface area contributed by atoms with Gasteiger partial charge < -0.3 is 9.64 Å². The maximum Gasteiger partial charge on any atom is 0.231 e. The van der Waals surface area contributed by atoms with Crippen LogP contribution in [0.4, 0.5) is 5.69 Å². The van der Waals surface area contributed by atoms with E-state index in [0.29, 0.717) is 0 Å². The lowest BCUT2D eigenvalue weighted by Gasteiger charge is -2.37. The Morgan fingerprint density at radius 3 is 2.70 bits per heavy atom. The lowest BCUT2D eigenvalue weighted by atomic mass is 9.91. The number of hydrogen-bond acceptors (Lipinski definition) is 5.